The molecule has 1 unspecified atom stereocenters. The third-order valence-corrected chi connectivity index (χ3v) is 12.0. The molecule has 0 saturated carbocycles. The second kappa shape index (κ2) is 13.2. The van der Waals surface area contributed by atoms with Gasteiger partial charge in [-0.15, -0.1) is 0 Å². The molecular formula is C44H33N6OP. The van der Waals surface area contributed by atoms with Gasteiger partial charge in [-0.05, 0) is 60.2 Å². The first-order chi connectivity index (χ1) is 25.7. The van der Waals surface area contributed by atoms with Crippen LogP contribution < -0.4 is 14.9 Å². The smallest absolute Gasteiger partial charge is 0.337 e. The van der Waals surface area contributed by atoms with Gasteiger partial charge < -0.3 is 4.98 Å². The highest BCUT2D eigenvalue weighted by atomic mass is 31.2. The minimum absolute atomic E-state index is 0.242. The number of rotatable bonds is 9. The summed E-state index contributed by atoms with van der Waals surface area (Å²) in [6.07, 6.45) is 0. The predicted octanol–water partition coefficient (Wildman–Crippen LogP) is 11.3. The van der Waals surface area contributed by atoms with Crippen molar-refractivity contribution in [2.75, 3.05) is 9.34 Å². The molecule has 8 heteroatoms. The second-order valence-corrected chi connectivity index (χ2v) is 14.8. The summed E-state index contributed by atoms with van der Waals surface area (Å²) in [4.78, 5) is 8.69. The Morgan fingerprint density at radius 3 is 1.63 bits per heavy atom. The van der Waals surface area contributed by atoms with E-state index in [-0.39, 0.29) is 5.57 Å². The SMILES string of the molecule is O=P(c1nc(-c2ccccc2)n[nH]1)(N(c1ccccc1)c1ccccc1)N(c1ccccc1)c1cccc(-c2cccc3c2[nH]c2ccccc23)c1. The summed E-state index contributed by atoms with van der Waals surface area (Å²) in [5.74, 6) is 0.462. The summed E-state index contributed by atoms with van der Waals surface area (Å²) in [7, 11) is -4.03. The third kappa shape index (κ3) is 5.45. The molecule has 0 bridgehead atoms. The Bertz CT molecular complexity index is 2640. The number of nitrogens with one attached hydrogen (secondary N) is 2. The molecule has 9 rings (SSSR count). The molecule has 0 amide bonds. The average Bonchev–Trinajstić information content (AvgIpc) is 3.86. The highest BCUT2D eigenvalue weighted by molar-refractivity contribution is 7.74. The Balaban J connectivity index is 1.31. The van der Waals surface area contributed by atoms with E-state index in [1.807, 2.05) is 149 Å². The summed E-state index contributed by atoms with van der Waals surface area (Å²) in [5, 5.41) is 10.1. The van der Waals surface area contributed by atoms with E-state index >= 15 is 4.57 Å². The number of fused-ring (bicyclic) bond motifs is 3. The summed E-state index contributed by atoms with van der Waals surface area (Å²) < 4.78 is 20.8. The van der Waals surface area contributed by atoms with Gasteiger partial charge in [-0.2, -0.15) is 5.10 Å². The van der Waals surface area contributed by atoms with E-state index in [0.717, 1.165) is 55.9 Å². The van der Waals surface area contributed by atoms with Gasteiger partial charge in [0.1, 0.15) is 0 Å². The molecule has 0 fully saturated rings. The number of aromatic amines is 2. The van der Waals surface area contributed by atoms with Crippen LogP contribution in [-0.2, 0) is 4.57 Å². The van der Waals surface area contributed by atoms with E-state index in [0.29, 0.717) is 5.82 Å². The maximum absolute atomic E-state index is 17.0. The molecule has 7 aromatic carbocycles. The number of anilines is 4. The van der Waals surface area contributed by atoms with Crippen molar-refractivity contribution in [2.24, 2.45) is 0 Å². The normalized spacial score (nSPS) is 12.5. The van der Waals surface area contributed by atoms with Gasteiger partial charge in [0.25, 0.3) is 0 Å². The molecule has 2 heterocycles. The zero-order chi connectivity index (χ0) is 34.9. The average molecular weight is 693 g/mol. The zero-order valence-corrected chi connectivity index (χ0v) is 28.9. The van der Waals surface area contributed by atoms with Crippen molar-refractivity contribution in [3.8, 4) is 22.5 Å². The molecule has 1 atom stereocenters. The quantitative estimate of drug-likeness (QED) is 0.147. The lowest BCUT2D eigenvalue weighted by molar-refractivity contribution is 0.579. The Labute approximate surface area is 301 Å². The van der Waals surface area contributed by atoms with Gasteiger partial charge in [0.05, 0.1) is 11.2 Å². The van der Waals surface area contributed by atoms with E-state index in [2.05, 4.69) is 63.7 Å². The summed E-state index contributed by atoms with van der Waals surface area (Å²) in [6.45, 7) is 0. The van der Waals surface area contributed by atoms with E-state index in [9.17, 15) is 0 Å². The number of H-pyrrole nitrogens is 2. The molecule has 250 valence electrons. The van der Waals surface area contributed by atoms with Crippen LogP contribution in [0.2, 0.25) is 0 Å². The van der Waals surface area contributed by atoms with Gasteiger partial charge in [0.15, 0.2) is 5.82 Å². The number of hydrogen-bond donors (Lipinski definition) is 2. The fraction of sp³-hybridized carbons (Fsp3) is 0. The molecule has 0 aliphatic heterocycles. The third-order valence-electron chi connectivity index (χ3n) is 9.27. The molecule has 52 heavy (non-hydrogen) atoms. The Morgan fingerprint density at radius 1 is 0.481 bits per heavy atom. The molecule has 7 nitrogen and oxygen atoms in total. The summed E-state index contributed by atoms with van der Waals surface area (Å²) in [6, 6.07) is 62.3. The highest BCUT2D eigenvalue weighted by Gasteiger charge is 2.45. The topological polar surface area (TPSA) is 80.9 Å². The molecular weight excluding hydrogens is 659 g/mol. The van der Waals surface area contributed by atoms with E-state index < -0.39 is 7.44 Å². The number of aromatic nitrogens is 4. The zero-order valence-electron chi connectivity index (χ0n) is 28.0. The van der Waals surface area contributed by atoms with Crippen molar-refractivity contribution < 1.29 is 4.57 Å². The van der Waals surface area contributed by atoms with Gasteiger partial charge in [-0.25, -0.2) is 4.98 Å². The first-order valence-electron chi connectivity index (χ1n) is 17.1. The Kier molecular flexibility index (Phi) is 7.95. The van der Waals surface area contributed by atoms with Gasteiger partial charge in [0, 0.05) is 44.5 Å². The van der Waals surface area contributed by atoms with Crippen molar-refractivity contribution in [2.45, 2.75) is 0 Å². The second-order valence-electron chi connectivity index (χ2n) is 12.5. The lowest BCUT2D eigenvalue weighted by Gasteiger charge is -2.40. The van der Waals surface area contributed by atoms with E-state index in [4.69, 9.17) is 4.98 Å². The number of benzene rings is 7. The molecule has 0 aliphatic carbocycles. The monoisotopic (exact) mass is 692 g/mol. The van der Waals surface area contributed by atoms with Crippen LogP contribution in [-0.4, -0.2) is 20.2 Å². The van der Waals surface area contributed by atoms with Crippen molar-refractivity contribution in [1.82, 2.24) is 20.2 Å². The summed E-state index contributed by atoms with van der Waals surface area (Å²) in [5.41, 5.74) is 8.18. The van der Waals surface area contributed by atoms with Crippen LogP contribution in [0.1, 0.15) is 0 Å². The fourth-order valence-corrected chi connectivity index (χ4v) is 9.67. The van der Waals surface area contributed by atoms with Gasteiger partial charge in [0.2, 0.25) is 5.57 Å². The molecule has 0 spiro atoms. The van der Waals surface area contributed by atoms with Crippen molar-refractivity contribution >= 4 is 57.6 Å². The number of para-hydroxylation sites is 5. The minimum atomic E-state index is -4.03. The maximum atomic E-state index is 17.0. The molecule has 2 aromatic heterocycles. The summed E-state index contributed by atoms with van der Waals surface area (Å²) >= 11 is 0. The van der Waals surface area contributed by atoms with E-state index in [1.54, 1.807) is 0 Å². The van der Waals surface area contributed by atoms with Gasteiger partial charge in [-0.1, -0.05) is 133 Å². The van der Waals surface area contributed by atoms with Crippen LogP contribution >= 0.6 is 7.44 Å². The number of nitrogens with zero attached hydrogens (tertiary/aromatic N) is 4. The van der Waals surface area contributed by atoms with Crippen molar-refractivity contribution in [3.63, 3.8) is 0 Å². The first-order valence-corrected chi connectivity index (χ1v) is 18.7. The van der Waals surface area contributed by atoms with E-state index in [1.165, 1.54) is 5.39 Å². The fourth-order valence-electron chi connectivity index (χ4n) is 6.93. The van der Waals surface area contributed by atoms with Crippen molar-refractivity contribution in [1.29, 1.82) is 0 Å². The molecule has 0 aliphatic rings. The first kappa shape index (κ1) is 31.3. The Hall–Kier alpha value is -6.69. The molecule has 2 N–H and O–H groups in total. The van der Waals surface area contributed by atoms with Crippen LogP contribution in [0.5, 0.6) is 0 Å². The van der Waals surface area contributed by atoms with Gasteiger partial charge in [-0.3, -0.25) is 19.0 Å². The van der Waals surface area contributed by atoms with Gasteiger partial charge >= 0.3 is 7.44 Å². The molecule has 0 saturated heterocycles. The molecule has 9 aromatic rings. The van der Waals surface area contributed by atoms with Crippen LogP contribution in [0.15, 0.2) is 188 Å². The maximum Gasteiger partial charge on any atom is 0.337 e. The predicted molar refractivity (Wildman–Crippen MR) is 214 cm³/mol. The lowest BCUT2D eigenvalue weighted by atomic mass is 10.0. The largest absolute Gasteiger partial charge is 0.354 e. The van der Waals surface area contributed by atoms with Crippen LogP contribution in [0.3, 0.4) is 0 Å². The van der Waals surface area contributed by atoms with Crippen LogP contribution in [0, 0.1) is 0 Å². The standard InChI is InChI=1S/C44H33N6OP/c51-52(44-46-43(47-48-44)32-17-5-1-6-18-32,49(34-20-7-2-8-21-34)35-22-9-3-10-23-35)50(36-24-11-4-12-25-36)37-26-15-19-33(31-37)38-28-16-29-40-39-27-13-14-30-41(39)45-42(38)40/h1-31,45H,(H,46,47,48). The number of hydrogen-bond acceptors (Lipinski definition) is 3. The highest BCUT2D eigenvalue weighted by Crippen LogP contribution is 2.62. The van der Waals surface area contributed by atoms with Crippen molar-refractivity contribution in [3.05, 3.63) is 188 Å². The minimum Gasteiger partial charge on any atom is -0.354 e. The Morgan fingerprint density at radius 2 is 0.981 bits per heavy atom. The lowest BCUT2D eigenvalue weighted by Crippen LogP contribution is -2.34. The molecule has 0 radical (unpaired) electrons. The van der Waals surface area contributed by atoms with Crippen LogP contribution in [0.25, 0.3) is 44.3 Å². The van der Waals surface area contributed by atoms with Crippen LogP contribution in [0.4, 0.5) is 22.7 Å².